The van der Waals surface area contributed by atoms with E-state index in [4.69, 9.17) is 0 Å². The van der Waals surface area contributed by atoms with Gasteiger partial charge in [-0.05, 0) is 149 Å². The first-order valence-electron chi connectivity index (χ1n) is 24.4. The second-order valence-electron chi connectivity index (χ2n) is 23.2. The van der Waals surface area contributed by atoms with Crippen LogP contribution in [0.4, 0.5) is 34.1 Å². The van der Waals surface area contributed by atoms with Crippen molar-refractivity contribution in [3.05, 3.63) is 197 Å². The fourth-order valence-electron chi connectivity index (χ4n) is 11.4. The van der Waals surface area contributed by atoms with Crippen LogP contribution in [0.2, 0.25) is 0 Å². The van der Waals surface area contributed by atoms with E-state index in [2.05, 4.69) is 257 Å². The lowest BCUT2D eigenvalue weighted by atomic mass is 9.33. The van der Waals surface area contributed by atoms with Crippen LogP contribution in [0.25, 0.3) is 33.4 Å². The summed E-state index contributed by atoms with van der Waals surface area (Å²) in [6.07, 6.45) is 0. The Morgan fingerprint density at radius 2 is 0.896 bits per heavy atom. The summed E-state index contributed by atoms with van der Waals surface area (Å²) in [6, 6.07) is 63.1. The van der Waals surface area contributed by atoms with Gasteiger partial charge in [0.1, 0.15) is 0 Å². The zero-order valence-electron chi connectivity index (χ0n) is 41.6. The summed E-state index contributed by atoms with van der Waals surface area (Å²) in [5.41, 5.74) is 27.0. The lowest BCUT2D eigenvalue weighted by molar-refractivity contribution is 0.590. The van der Waals surface area contributed by atoms with Gasteiger partial charge in [0.25, 0.3) is 6.71 Å². The Labute approximate surface area is 400 Å². The number of aryl methyl sites for hydroxylation is 1. The highest BCUT2D eigenvalue weighted by Crippen LogP contribution is 2.53. The first-order valence-corrected chi connectivity index (χ1v) is 24.4. The number of nitrogens with zero attached hydrogens (tertiary/aromatic N) is 2. The number of hydrogen-bond acceptors (Lipinski definition) is 2. The molecule has 3 aliphatic rings. The second kappa shape index (κ2) is 15.0. The Morgan fingerprint density at radius 3 is 1.51 bits per heavy atom. The summed E-state index contributed by atoms with van der Waals surface area (Å²) < 4.78 is 0. The molecule has 0 saturated carbocycles. The first-order chi connectivity index (χ1) is 31.8. The molecule has 0 fully saturated rings. The molecular formula is C64H63BN2. The van der Waals surface area contributed by atoms with Gasteiger partial charge in [-0.25, -0.2) is 0 Å². The number of fused-ring (bicyclic) bond motifs is 7. The molecule has 8 aromatic rings. The zero-order chi connectivity index (χ0) is 46.9. The van der Waals surface area contributed by atoms with Crippen molar-refractivity contribution in [2.75, 3.05) is 9.80 Å². The van der Waals surface area contributed by atoms with Gasteiger partial charge in [0.15, 0.2) is 0 Å². The largest absolute Gasteiger partial charge is 0.311 e. The van der Waals surface area contributed by atoms with E-state index in [1.54, 1.807) is 0 Å². The number of anilines is 6. The van der Waals surface area contributed by atoms with Gasteiger partial charge >= 0.3 is 0 Å². The van der Waals surface area contributed by atoms with E-state index in [1.165, 1.54) is 112 Å². The van der Waals surface area contributed by atoms with Crippen LogP contribution < -0.4 is 26.2 Å². The normalized spacial score (nSPS) is 14.6. The summed E-state index contributed by atoms with van der Waals surface area (Å²) in [5, 5.41) is 0. The average Bonchev–Trinajstić information content (AvgIpc) is 3.53. The molecule has 3 heteroatoms. The van der Waals surface area contributed by atoms with Gasteiger partial charge in [-0.2, -0.15) is 0 Å². The minimum Gasteiger partial charge on any atom is -0.311 e. The first kappa shape index (κ1) is 43.0. The molecule has 2 aliphatic heterocycles. The van der Waals surface area contributed by atoms with Crippen LogP contribution in [0.15, 0.2) is 164 Å². The molecule has 11 rings (SSSR count). The minimum absolute atomic E-state index is 0.0107. The smallest absolute Gasteiger partial charge is 0.252 e. The van der Waals surface area contributed by atoms with Gasteiger partial charge in [-0.15, -0.1) is 0 Å². The minimum atomic E-state index is -0.0528. The van der Waals surface area contributed by atoms with Crippen LogP contribution in [0.1, 0.15) is 110 Å². The van der Waals surface area contributed by atoms with Crippen molar-refractivity contribution in [3.8, 4) is 33.4 Å². The van der Waals surface area contributed by atoms with Crippen LogP contribution in [0.5, 0.6) is 0 Å². The van der Waals surface area contributed by atoms with Gasteiger partial charge in [0, 0.05) is 39.4 Å². The van der Waals surface area contributed by atoms with E-state index < -0.39 is 0 Å². The van der Waals surface area contributed by atoms with Gasteiger partial charge in [0.05, 0.1) is 5.69 Å². The maximum absolute atomic E-state index is 2.61. The van der Waals surface area contributed by atoms with E-state index in [-0.39, 0.29) is 28.4 Å². The summed E-state index contributed by atoms with van der Waals surface area (Å²) in [6.45, 7) is 28.1. The molecule has 2 heterocycles. The van der Waals surface area contributed by atoms with Crippen molar-refractivity contribution in [1.82, 2.24) is 0 Å². The van der Waals surface area contributed by atoms with E-state index in [0.717, 1.165) is 5.69 Å². The maximum Gasteiger partial charge on any atom is 0.252 e. The van der Waals surface area contributed by atoms with Crippen molar-refractivity contribution >= 4 is 57.2 Å². The highest BCUT2D eigenvalue weighted by Gasteiger charge is 2.45. The van der Waals surface area contributed by atoms with Crippen LogP contribution in [0, 0.1) is 6.92 Å². The van der Waals surface area contributed by atoms with Gasteiger partial charge in [0.2, 0.25) is 0 Å². The number of hydrogen-bond donors (Lipinski definition) is 0. The Hall–Kier alpha value is -6.58. The summed E-state index contributed by atoms with van der Waals surface area (Å²) >= 11 is 0. The molecule has 0 spiro atoms. The van der Waals surface area contributed by atoms with E-state index in [0.29, 0.717) is 0 Å². The molecule has 0 unspecified atom stereocenters. The van der Waals surface area contributed by atoms with Gasteiger partial charge in [-0.3, -0.25) is 0 Å². The van der Waals surface area contributed by atoms with Crippen LogP contribution in [-0.2, 0) is 21.7 Å². The van der Waals surface area contributed by atoms with Gasteiger partial charge < -0.3 is 9.80 Å². The SMILES string of the molecule is Cc1cc2c3c(c1)N(c1ccc(C(C)(C)C)cc1-c1ccccc1)c1ccc(C(C)(C)C)cc1B3c1cc(C(C)(C)C)ccc1N2c1ccc(-c2cccc3c2-c2ccccc2C3(C)C)cc1. The van der Waals surface area contributed by atoms with Gasteiger partial charge in [-0.1, -0.05) is 191 Å². The molecule has 0 amide bonds. The Balaban J connectivity index is 1.17. The fraction of sp³-hybridized carbons (Fsp3) is 0.250. The van der Waals surface area contributed by atoms with E-state index >= 15 is 0 Å². The lowest BCUT2D eigenvalue weighted by Gasteiger charge is -2.45. The predicted octanol–water partition coefficient (Wildman–Crippen LogP) is 15.6. The lowest BCUT2D eigenvalue weighted by Crippen LogP contribution is -2.61. The van der Waals surface area contributed by atoms with Crippen LogP contribution >= 0.6 is 0 Å². The molecular weight excluding hydrogens is 808 g/mol. The van der Waals surface area contributed by atoms with E-state index in [9.17, 15) is 0 Å². The van der Waals surface area contributed by atoms with E-state index in [1.807, 2.05) is 0 Å². The van der Waals surface area contributed by atoms with Crippen molar-refractivity contribution < 1.29 is 0 Å². The number of rotatable bonds is 4. The standard InChI is InChI=1S/C64H63BN2/c1-40-35-57-60-58(36-40)67(54-32-27-43(61(2,3)4)37-49(54)41-19-14-13-15-20-41)56-34-29-45(63(8,9)10)39-53(56)65(60)52-38-44(62(5,6)7)28-33-55(52)66(57)46-30-25-42(26-31-46)47-22-18-24-51-59(47)48-21-16-17-23-50(48)64(51,11)12/h13-39H,1-12H3. The highest BCUT2D eigenvalue weighted by molar-refractivity contribution is 7.00. The molecule has 0 radical (unpaired) electrons. The molecule has 0 N–H and O–H groups in total. The molecule has 0 atom stereocenters. The topological polar surface area (TPSA) is 6.48 Å². The third-order valence-corrected chi connectivity index (χ3v) is 15.2. The molecule has 1 aliphatic carbocycles. The average molecular weight is 871 g/mol. The zero-order valence-corrected chi connectivity index (χ0v) is 41.6. The van der Waals surface area contributed by atoms with Crippen LogP contribution in [0.3, 0.4) is 0 Å². The summed E-state index contributed by atoms with van der Waals surface area (Å²) in [4.78, 5) is 5.17. The van der Waals surface area contributed by atoms with Crippen LogP contribution in [-0.4, -0.2) is 6.71 Å². The quantitative estimate of drug-likeness (QED) is 0.163. The molecule has 0 saturated heterocycles. The summed E-state index contributed by atoms with van der Waals surface area (Å²) in [5.74, 6) is 0. The summed E-state index contributed by atoms with van der Waals surface area (Å²) in [7, 11) is 0. The monoisotopic (exact) mass is 871 g/mol. The predicted molar refractivity (Wildman–Crippen MR) is 290 cm³/mol. The molecule has 0 bridgehead atoms. The Bertz CT molecular complexity index is 3280. The Morgan fingerprint density at radius 1 is 0.403 bits per heavy atom. The molecule has 0 aromatic heterocycles. The van der Waals surface area contributed by atoms with Crippen molar-refractivity contribution in [3.63, 3.8) is 0 Å². The molecule has 2 nitrogen and oxygen atoms in total. The maximum atomic E-state index is 2.61. The third-order valence-electron chi connectivity index (χ3n) is 15.2. The molecule has 8 aromatic carbocycles. The number of benzene rings is 8. The molecule has 332 valence electrons. The van der Waals surface area contributed by atoms with Crippen molar-refractivity contribution in [1.29, 1.82) is 0 Å². The molecule has 67 heavy (non-hydrogen) atoms. The van der Waals surface area contributed by atoms with Crippen molar-refractivity contribution in [2.45, 2.75) is 105 Å². The highest BCUT2D eigenvalue weighted by atomic mass is 15.2. The Kier molecular flexibility index (Phi) is 9.61. The fourth-order valence-corrected chi connectivity index (χ4v) is 11.4. The third kappa shape index (κ3) is 6.83. The second-order valence-corrected chi connectivity index (χ2v) is 23.2. The van der Waals surface area contributed by atoms with Crippen molar-refractivity contribution in [2.24, 2.45) is 0 Å².